The fourth-order valence-corrected chi connectivity index (χ4v) is 3.22. The van der Waals surface area contributed by atoms with E-state index in [-0.39, 0.29) is 0 Å². The van der Waals surface area contributed by atoms with Crippen molar-refractivity contribution in [2.75, 3.05) is 0 Å². The Bertz CT molecular complexity index is 388. The van der Waals surface area contributed by atoms with E-state index in [1.807, 2.05) is 0 Å². The number of aromatic nitrogens is 2. The molecule has 0 N–H and O–H groups in total. The summed E-state index contributed by atoms with van der Waals surface area (Å²) in [5, 5.41) is 4.11. The third-order valence-electron chi connectivity index (χ3n) is 4.49. The van der Waals surface area contributed by atoms with E-state index in [1.54, 1.807) is 0 Å². The van der Waals surface area contributed by atoms with Gasteiger partial charge in [0.1, 0.15) is 0 Å². The van der Waals surface area contributed by atoms with Crippen LogP contribution in [0.1, 0.15) is 68.5 Å². The number of hydrogen-bond acceptors (Lipinski definition) is 3. The zero-order valence-electron chi connectivity index (χ0n) is 8.91. The van der Waals surface area contributed by atoms with E-state index in [4.69, 9.17) is 4.52 Å². The maximum Gasteiger partial charge on any atom is 0.230 e. The summed E-state index contributed by atoms with van der Waals surface area (Å²) in [6, 6.07) is 0. The van der Waals surface area contributed by atoms with Gasteiger partial charge in [0.25, 0.3) is 0 Å². The van der Waals surface area contributed by atoms with E-state index in [0.717, 1.165) is 11.7 Å². The molecule has 1 heterocycles. The lowest BCUT2D eigenvalue weighted by Crippen LogP contribution is -1.96. The monoisotopic (exact) mass is 204 g/mol. The highest BCUT2D eigenvalue weighted by Crippen LogP contribution is 2.67. The lowest BCUT2D eigenvalue weighted by molar-refractivity contribution is 0.356. The molecule has 1 unspecified atom stereocenters. The predicted molar refractivity (Wildman–Crippen MR) is 54.5 cm³/mol. The highest BCUT2D eigenvalue weighted by molar-refractivity contribution is 5.19. The van der Waals surface area contributed by atoms with Crippen LogP contribution in [0.25, 0.3) is 0 Å². The second-order valence-electron chi connectivity index (χ2n) is 5.59. The minimum Gasteiger partial charge on any atom is -0.339 e. The molecule has 1 atom stereocenters. The molecule has 15 heavy (non-hydrogen) atoms. The molecule has 3 heteroatoms. The van der Waals surface area contributed by atoms with Crippen LogP contribution < -0.4 is 0 Å². The summed E-state index contributed by atoms with van der Waals surface area (Å²) in [6.07, 6.45) is 9.40. The van der Waals surface area contributed by atoms with Crippen molar-refractivity contribution >= 4 is 0 Å². The van der Waals surface area contributed by atoms with Gasteiger partial charge in [-0.05, 0) is 37.5 Å². The van der Waals surface area contributed by atoms with E-state index >= 15 is 0 Å². The molecule has 3 saturated carbocycles. The Morgan fingerprint density at radius 2 is 2.00 bits per heavy atom. The molecule has 1 aromatic rings. The maximum atomic E-state index is 5.42. The van der Waals surface area contributed by atoms with Crippen molar-refractivity contribution in [1.29, 1.82) is 0 Å². The lowest BCUT2D eigenvalue weighted by Gasteiger charge is -2.03. The fraction of sp³-hybridized carbons (Fsp3) is 0.833. The van der Waals surface area contributed by atoms with Crippen molar-refractivity contribution in [2.45, 2.75) is 56.8 Å². The van der Waals surface area contributed by atoms with Crippen LogP contribution in [-0.4, -0.2) is 10.1 Å². The molecule has 4 rings (SSSR count). The Balaban J connectivity index is 1.57. The van der Waals surface area contributed by atoms with Gasteiger partial charge in [-0.15, -0.1) is 0 Å². The van der Waals surface area contributed by atoms with Gasteiger partial charge in [-0.1, -0.05) is 18.0 Å². The Labute approximate surface area is 89.2 Å². The minimum absolute atomic E-state index is 0.591. The maximum absolute atomic E-state index is 5.42. The average molecular weight is 204 g/mol. The van der Waals surface area contributed by atoms with Gasteiger partial charge in [-0.25, -0.2) is 0 Å². The van der Waals surface area contributed by atoms with Gasteiger partial charge in [0.05, 0.1) is 0 Å². The van der Waals surface area contributed by atoms with Crippen LogP contribution in [0.2, 0.25) is 0 Å². The molecule has 0 radical (unpaired) electrons. The van der Waals surface area contributed by atoms with Crippen LogP contribution in [0.3, 0.4) is 0 Å². The smallest absolute Gasteiger partial charge is 0.230 e. The summed E-state index contributed by atoms with van der Waals surface area (Å²) >= 11 is 0. The summed E-state index contributed by atoms with van der Waals surface area (Å²) in [5.74, 6) is 3.16. The molecular weight excluding hydrogens is 188 g/mol. The summed E-state index contributed by atoms with van der Waals surface area (Å²) in [7, 11) is 0. The zero-order chi connectivity index (χ0) is 9.88. The highest BCUT2D eigenvalue weighted by atomic mass is 16.5. The predicted octanol–water partition coefficient (Wildman–Crippen LogP) is 2.99. The molecular formula is C12H16N2O. The van der Waals surface area contributed by atoms with Crippen molar-refractivity contribution in [2.24, 2.45) is 5.41 Å². The molecule has 3 aliphatic carbocycles. The first-order valence-electron chi connectivity index (χ1n) is 6.21. The molecule has 80 valence electrons. The molecule has 1 aromatic heterocycles. The largest absolute Gasteiger partial charge is 0.339 e. The van der Waals surface area contributed by atoms with E-state index in [1.165, 1.54) is 44.9 Å². The third-order valence-corrected chi connectivity index (χ3v) is 4.49. The standard InChI is InChI=1S/C12H16N2O/c1-2-6-12(5-1)7-9(12)11-13-10(14-15-11)8-3-4-8/h8-9H,1-7H2. The van der Waals surface area contributed by atoms with E-state index in [2.05, 4.69) is 10.1 Å². The molecule has 3 nitrogen and oxygen atoms in total. The van der Waals surface area contributed by atoms with Gasteiger partial charge in [0, 0.05) is 11.8 Å². The van der Waals surface area contributed by atoms with Gasteiger partial charge in [0.2, 0.25) is 5.89 Å². The summed E-state index contributed by atoms with van der Waals surface area (Å²) in [5.41, 5.74) is 0.591. The topological polar surface area (TPSA) is 38.9 Å². The number of hydrogen-bond donors (Lipinski definition) is 0. The minimum atomic E-state index is 0.591. The van der Waals surface area contributed by atoms with Crippen molar-refractivity contribution in [3.8, 4) is 0 Å². The van der Waals surface area contributed by atoms with Gasteiger partial charge in [-0.3, -0.25) is 0 Å². The average Bonchev–Trinajstić information content (AvgIpc) is 3.08. The summed E-state index contributed by atoms with van der Waals surface area (Å²) in [4.78, 5) is 4.58. The first kappa shape index (κ1) is 8.31. The molecule has 3 aliphatic rings. The molecule has 1 spiro atoms. The van der Waals surface area contributed by atoms with Gasteiger partial charge in [0.15, 0.2) is 5.82 Å². The second kappa shape index (κ2) is 2.63. The quantitative estimate of drug-likeness (QED) is 0.743. The van der Waals surface area contributed by atoms with Gasteiger partial charge in [-0.2, -0.15) is 4.98 Å². The molecule has 0 aromatic carbocycles. The van der Waals surface area contributed by atoms with E-state index in [0.29, 0.717) is 17.3 Å². The zero-order valence-corrected chi connectivity index (χ0v) is 8.91. The molecule has 0 aliphatic heterocycles. The molecule has 3 fully saturated rings. The van der Waals surface area contributed by atoms with Crippen LogP contribution in [0.5, 0.6) is 0 Å². The van der Waals surface area contributed by atoms with E-state index in [9.17, 15) is 0 Å². The number of rotatable bonds is 2. The van der Waals surface area contributed by atoms with Crippen LogP contribution in [0, 0.1) is 5.41 Å². The van der Waals surface area contributed by atoms with Crippen LogP contribution in [0.4, 0.5) is 0 Å². The van der Waals surface area contributed by atoms with Crippen molar-refractivity contribution in [1.82, 2.24) is 10.1 Å². The first-order valence-corrected chi connectivity index (χ1v) is 6.21. The fourth-order valence-electron chi connectivity index (χ4n) is 3.22. The third kappa shape index (κ3) is 1.18. The van der Waals surface area contributed by atoms with Crippen molar-refractivity contribution in [3.63, 3.8) is 0 Å². The van der Waals surface area contributed by atoms with Gasteiger partial charge >= 0.3 is 0 Å². The Kier molecular flexibility index (Phi) is 1.46. The number of nitrogens with zero attached hydrogens (tertiary/aromatic N) is 2. The molecule has 0 saturated heterocycles. The Hall–Kier alpha value is -0.860. The van der Waals surface area contributed by atoms with Crippen molar-refractivity contribution in [3.05, 3.63) is 11.7 Å². The van der Waals surface area contributed by atoms with Gasteiger partial charge < -0.3 is 4.52 Å². The van der Waals surface area contributed by atoms with E-state index < -0.39 is 0 Å². The molecule has 0 bridgehead atoms. The molecule has 0 amide bonds. The normalized spacial score (nSPS) is 32.4. The first-order chi connectivity index (χ1) is 7.37. The highest BCUT2D eigenvalue weighted by Gasteiger charge is 2.58. The summed E-state index contributed by atoms with van der Waals surface area (Å²) in [6.45, 7) is 0. The van der Waals surface area contributed by atoms with Crippen LogP contribution in [-0.2, 0) is 0 Å². The van der Waals surface area contributed by atoms with Crippen LogP contribution in [0.15, 0.2) is 4.52 Å². The van der Waals surface area contributed by atoms with Crippen LogP contribution >= 0.6 is 0 Å². The Morgan fingerprint density at radius 3 is 2.73 bits per heavy atom. The second-order valence-corrected chi connectivity index (χ2v) is 5.59. The summed E-state index contributed by atoms with van der Waals surface area (Å²) < 4.78 is 5.42. The lowest BCUT2D eigenvalue weighted by atomic mass is 10.0. The SMILES string of the molecule is C1CCC2(C1)CC2c1nc(C2CC2)no1. The Morgan fingerprint density at radius 1 is 1.20 bits per heavy atom. The van der Waals surface area contributed by atoms with Crippen molar-refractivity contribution < 1.29 is 4.52 Å².